The van der Waals surface area contributed by atoms with Crippen LogP contribution in [0.4, 0.5) is 10.5 Å². The summed E-state index contributed by atoms with van der Waals surface area (Å²) in [5, 5.41) is 2.95. The van der Waals surface area contributed by atoms with Crippen LogP contribution in [0.25, 0.3) is 0 Å². The van der Waals surface area contributed by atoms with Crippen LogP contribution in [0.15, 0.2) is 24.3 Å². The van der Waals surface area contributed by atoms with Crippen molar-refractivity contribution in [3.63, 3.8) is 0 Å². The molecule has 2 fully saturated rings. The molecule has 0 radical (unpaired) electrons. The van der Waals surface area contributed by atoms with Crippen LogP contribution >= 0.6 is 0 Å². The third-order valence-corrected chi connectivity index (χ3v) is 4.21. The van der Waals surface area contributed by atoms with Gasteiger partial charge in [0.2, 0.25) is 0 Å². The van der Waals surface area contributed by atoms with Gasteiger partial charge in [-0.05, 0) is 25.0 Å². The maximum absolute atomic E-state index is 12.2. The first-order valence-electron chi connectivity index (χ1n) is 7.83. The standard InChI is InChI=1S/C16H23N3O3/c1-21-14-6-3-2-5-13(14)18-8-10-19(11-9-18)16(20)17-15-7-4-12-22-15/h2-3,5-6,15H,4,7-12H2,1H3,(H,17,20). The van der Waals surface area contributed by atoms with Crippen LogP contribution in [0.1, 0.15) is 12.8 Å². The lowest BCUT2D eigenvalue weighted by Gasteiger charge is -2.36. The van der Waals surface area contributed by atoms with Crippen molar-refractivity contribution in [3.05, 3.63) is 24.3 Å². The molecule has 120 valence electrons. The van der Waals surface area contributed by atoms with Crippen molar-refractivity contribution < 1.29 is 14.3 Å². The second-order valence-corrected chi connectivity index (χ2v) is 5.60. The number of methoxy groups -OCH3 is 1. The quantitative estimate of drug-likeness (QED) is 0.923. The average molecular weight is 305 g/mol. The fraction of sp³-hybridized carbons (Fsp3) is 0.562. The van der Waals surface area contributed by atoms with E-state index in [0.29, 0.717) is 13.1 Å². The second-order valence-electron chi connectivity index (χ2n) is 5.60. The first-order chi connectivity index (χ1) is 10.8. The lowest BCUT2D eigenvalue weighted by molar-refractivity contribution is 0.0831. The third-order valence-electron chi connectivity index (χ3n) is 4.21. The SMILES string of the molecule is COc1ccccc1N1CCN(C(=O)NC2CCCO2)CC1. The van der Waals surface area contributed by atoms with Gasteiger partial charge in [0.1, 0.15) is 12.0 Å². The number of nitrogens with one attached hydrogen (secondary N) is 1. The average Bonchev–Trinajstić information content (AvgIpc) is 3.08. The number of anilines is 1. The van der Waals surface area contributed by atoms with E-state index in [-0.39, 0.29) is 12.3 Å². The summed E-state index contributed by atoms with van der Waals surface area (Å²) in [7, 11) is 1.68. The van der Waals surface area contributed by atoms with Crippen LogP contribution in [-0.2, 0) is 4.74 Å². The van der Waals surface area contributed by atoms with Crippen LogP contribution in [0.5, 0.6) is 5.75 Å². The van der Waals surface area contributed by atoms with E-state index in [2.05, 4.69) is 16.3 Å². The number of rotatable bonds is 3. The zero-order valence-corrected chi connectivity index (χ0v) is 13.0. The van der Waals surface area contributed by atoms with Gasteiger partial charge < -0.3 is 24.6 Å². The number of carbonyl (C=O) groups is 1. The van der Waals surface area contributed by atoms with Gasteiger partial charge in [0, 0.05) is 32.8 Å². The topological polar surface area (TPSA) is 54.0 Å². The van der Waals surface area contributed by atoms with Crippen LogP contribution in [0, 0.1) is 0 Å². The number of piperazine rings is 1. The number of benzene rings is 1. The molecule has 2 aliphatic heterocycles. The number of nitrogens with zero attached hydrogens (tertiary/aromatic N) is 2. The number of carbonyl (C=O) groups excluding carboxylic acids is 1. The van der Waals surface area contributed by atoms with E-state index in [0.717, 1.165) is 44.0 Å². The Balaban J connectivity index is 1.54. The normalized spacial score (nSPS) is 21.8. The highest BCUT2D eigenvalue weighted by Gasteiger charge is 2.25. The highest BCUT2D eigenvalue weighted by Crippen LogP contribution is 2.28. The van der Waals surface area contributed by atoms with Crippen molar-refractivity contribution in [1.29, 1.82) is 0 Å². The Morgan fingerprint density at radius 2 is 2.05 bits per heavy atom. The predicted octanol–water partition coefficient (Wildman–Crippen LogP) is 1.66. The van der Waals surface area contributed by atoms with Gasteiger partial charge in [0.25, 0.3) is 0 Å². The van der Waals surface area contributed by atoms with Crippen molar-refractivity contribution >= 4 is 11.7 Å². The minimum Gasteiger partial charge on any atom is -0.495 e. The van der Waals surface area contributed by atoms with E-state index in [1.165, 1.54) is 0 Å². The van der Waals surface area contributed by atoms with Gasteiger partial charge in [-0.25, -0.2) is 4.79 Å². The van der Waals surface area contributed by atoms with E-state index in [4.69, 9.17) is 9.47 Å². The van der Waals surface area contributed by atoms with Gasteiger partial charge in [0.15, 0.2) is 0 Å². The van der Waals surface area contributed by atoms with E-state index < -0.39 is 0 Å². The molecule has 0 saturated carbocycles. The Labute approximate surface area is 131 Å². The van der Waals surface area contributed by atoms with E-state index in [1.54, 1.807) is 7.11 Å². The molecule has 2 heterocycles. The Morgan fingerprint density at radius 1 is 1.27 bits per heavy atom. The minimum absolute atomic E-state index is 0.0217. The maximum Gasteiger partial charge on any atom is 0.319 e. The summed E-state index contributed by atoms with van der Waals surface area (Å²) in [4.78, 5) is 16.3. The zero-order valence-electron chi connectivity index (χ0n) is 13.0. The van der Waals surface area contributed by atoms with Gasteiger partial charge in [-0.15, -0.1) is 0 Å². The largest absolute Gasteiger partial charge is 0.495 e. The predicted molar refractivity (Wildman–Crippen MR) is 84.3 cm³/mol. The fourth-order valence-electron chi connectivity index (χ4n) is 2.96. The molecule has 3 rings (SSSR count). The monoisotopic (exact) mass is 305 g/mol. The third kappa shape index (κ3) is 3.27. The Kier molecular flexibility index (Phi) is 4.68. The molecule has 6 nitrogen and oxygen atoms in total. The number of amides is 2. The van der Waals surface area contributed by atoms with Crippen molar-refractivity contribution in [2.24, 2.45) is 0 Å². The highest BCUT2D eigenvalue weighted by atomic mass is 16.5. The molecule has 2 saturated heterocycles. The fourth-order valence-corrected chi connectivity index (χ4v) is 2.96. The summed E-state index contributed by atoms with van der Waals surface area (Å²) in [6.45, 7) is 3.76. The number of hydrogen-bond acceptors (Lipinski definition) is 4. The zero-order chi connectivity index (χ0) is 15.4. The molecule has 22 heavy (non-hydrogen) atoms. The molecular weight excluding hydrogens is 282 g/mol. The molecule has 0 aliphatic carbocycles. The lowest BCUT2D eigenvalue weighted by atomic mass is 10.2. The van der Waals surface area contributed by atoms with Gasteiger partial charge in [0.05, 0.1) is 12.8 Å². The number of urea groups is 1. The Bertz CT molecular complexity index is 509. The first kappa shape index (κ1) is 15.0. The Hall–Kier alpha value is -1.95. The lowest BCUT2D eigenvalue weighted by Crippen LogP contribution is -2.53. The van der Waals surface area contributed by atoms with E-state index >= 15 is 0 Å². The molecule has 1 aromatic rings. The molecule has 1 atom stereocenters. The number of hydrogen-bond donors (Lipinski definition) is 1. The van der Waals surface area contributed by atoms with E-state index in [9.17, 15) is 4.79 Å². The number of para-hydroxylation sites is 2. The van der Waals surface area contributed by atoms with Crippen LogP contribution in [0.3, 0.4) is 0 Å². The van der Waals surface area contributed by atoms with Crippen molar-refractivity contribution in [1.82, 2.24) is 10.2 Å². The summed E-state index contributed by atoms with van der Waals surface area (Å²) >= 11 is 0. The van der Waals surface area contributed by atoms with Crippen molar-refractivity contribution in [2.45, 2.75) is 19.1 Å². The van der Waals surface area contributed by atoms with Gasteiger partial charge in [-0.2, -0.15) is 0 Å². The molecule has 1 N–H and O–H groups in total. The molecular formula is C16H23N3O3. The van der Waals surface area contributed by atoms with Gasteiger partial charge >= 0.3 is 6.03 Å². The second kappa shape index (κ2) is 6.87. The first-order valence-corrected chi connectivity index (χ1v) is 7.83. The highest BCUT2D eigenvalue weighted by molar-refractivity contribution is 5.75. The summed E-state index contributed by atoms with van der Waals surface area (Å²) in [6, 6.07) is 7.97. The van der Waals surface area contributed by atoms with Crippen LogP contribution in [0.2, 0.25) is 0 Å². The van der Waals surface area contributed by atoms with Gasteiger partial charge in [-0.3, -0.25) is 0 Å². The smallest absolute Gasteiger partial charge is 0.319 e. The summed E-state index contributed by atoms with van der Waals surface area (Å²) in [5.41, 5.74) is 1.09. The summed E-state index contributed by atoms with van der Waals surface area (Å²) in [6.07, 6.45) is 1.82. The molecule has 1 aromatic carbocycles. The maximum atomic E-state index is 12.2. The molecule has 0 spiro atoms. The van der Waals surface area contributed by atoms with E-state index in [1.807, 2.05) is 23.1 Å². The number of ether oxygens (including phenoxy) is 2. The van der Waals surface area contributed by atoms with Gasteiger partial charge in [-0.1, -0.05) is 12.1 Å². The summed E-state index contributed by atoms with van der Waals surface area (Å²) in [5.74, 6) is 0.875. The van der Waals surface area contributed by atoms with Crippen molar-refractivity contribution in [3.8, 4) is 5.75 Å². The van der Waals surface area contributed by atoms with Crippen LogP contribution < -0.4 is 15.0 Å². The molecule has 1 unspecified atom stereocenters. The summed E-state index contributed by atoms with van der Waals surface area (Å²) < 4.78 is 10.9. The molecule has 2 aliphatic rings. The minimum atomic E-state index is -0.111. The molecule has 6 heteroatoms. The molecule has 0 aromatic heterocycles. The van der Waals surface area contributed by atoms with Crippen molar-refractivity contribution in [2.75, 3.05) is 44.8 Å². The molecule has 2 amide bonds. The molecule has 0 bridgehead atoms. The Morgan fingerprint density at radius 3 is 2.73 bits per heavy atom. The van der Waals surface area contributed by atoms with Crippen LogP contribution in [-0.4, -0.2) is 57.1 Å².